The van der Waals surface area contributed by atoms with Crippen molar-refractivity contribution >= 4 is 28.3 Å². The molecule has 8 heteroatoms. The third-order valence-electron chi connectivity index (χ3n) is 4.60. The van der Waals surface area contributed by atoms with E-state index in [1.807, 2.05) is 11.8 Å². The topological polar surface area (TPSA) is 78.5 Å². The fraction of sp³-hybridized carbons (Fsp3) is 0.933. The van der Waals surface area contributed by atoms with Gasteiger partial charge in [0.25, 0.3) is 0 Å². The number of nitrogens with one attached hydrogen (secondary N) is 2. The summed E-state index contributed by atoms with van der Waals surface area (Å²) in [6.07, 6.45) is 4.84. The minimum atomic E-state index is -3.15. The zero-order valence-electron chi connectivity index (χ0n) is 13.9. The Bertz CT molecular complexity index is 459. The van der Waals surface area contributed by atoms with Crippen LogP contribution in [0.4, 0.5) is 0 Å². The van der Waals surface area contributed by atoms with Crippen molar-refractivity contribution in [3.05, 3.63) is 0 Å². The predicted molar refractivity (Wildman–Crippen MR) is 94.3 cm³/mol. The lowest BCUT2D eigenvalue weighted by Gasteiger charge is -2.32. The Kier molecular flexibility index (Phi) is 8.82. The van der Waals surface area contributed by atoms with Crippen molar-refractivity contribution in [2.75, 3.05) is 31.9 Å². The lowest BCUT2D eigenvalue weighted by molar-refractivity contribution is -0.132. The lowest BCUT2D eigenvalue weighted by atomic mass is 10.0. The first-order valence-corrected chi connectivity index (χ1v) is 10.1. The number of carbonyl (C=O) groups is 1. The second kappa shape index (κ2) is 9.81. The number of nitrogens with zero attached hydrogens (tertiary/aromatic N) is 1. The highest BCUT2D eigenvalue weighted by atomic mass is 35.5. The summed E-state index contributed by atoms with van der Waals surface area (Å²) in [5.41, 5.74) is 0. The van der Waals surface area contributed by atoms with Crippen LogP contribution in [0.15, 0.2) is 0 Å². The number of likely N-dealkylation sites (tertiary alicyclic amines) is 1. The molecule has 0 radical (unpaired) electrons. The third-order valence-corrected chi connectivity index (χ3v) is 6.23. The van der Waals surface area contributed by atoms with Gasteiger partial charge in [0.05, 0.1) is 5.75 Å². The van der Waals surface area contributed by atoms with Crippen molar-refractivity contribution in [2.24, 2.45) is 5.92 Å². The largest absolute Gasteiger partial charge is 0.343 e. The maximum atomic E-state index is 12.2. The van der Waals surface area contributed by atoms with E-state index in [9.17, 15) is 13.2 Å². The Morgan fingerprint density at radius 2 is 1.96 bits per heavy atom. The van der Waals surface area contributed by atoms with Gasteiger partial charge in [0.2, 0.25) is 15.9 Å². The average Bonchev–Trinajstić information content (AvgIpc) is 2.98. The average molecular weight is 368 g/mol. The Morgan fingerprint density at radius 1 is 1.26 bits per heavy atom. The van der Waals surface area contributed by atoms with Crippen LogP contribution in [0.3, 0.4) is 0 Å². The van der Waals surface area contributed by atoms with Gasteiger partial charge in [-0.2, -0.15) is 0 Å². The van der Waals surface area contributed by atoms with Gasteiger partial charge < -0.3 is 10.2 Å². The predicted octanol–water partition coefficient (Wildman–Crippen LogP) is 1.12. The molecule has 1 unspecified atom stereocenters. The number of piperidine rings is 1. The van der Waals surface area contributed by atoms with Gasteiger partial charge in [0.1, 0.15) is 0 Å². The molecule has 0 aliphatic carbocycles. The highest BCUT2D eigenvalue weighted by Crippen LogP contribution is 2.17. The quantitative estimate of drug-likeness (QED) is 0.706. The van der Waals surface area contributed by atoms with Gasteiger partial charge >= 0.3 is 0 Å². The maximum Gasteiger partial charge on any atom is 0.222 e. The molecule has 23 heavy (non-hydrogen) atoms. The third kappa shape index (κ3) is 6.95. The fourth-order valence-corrected chi connectivity index (χ4v) is 4.67. The minimum absolute atomic E-state index is 0. The molecule has 0 aromatic heterocycles. The van der Waals surface area contributed by atoms with Crippen molar-refractivity contribution in [3.63, 3.8) is 0 Å². The summed E-state index contributed by atoms with van der Waals surface area (Å²) in [7, 11) is -3.15. The molecular formula is C15H30ClN3O3S. The molecule has 2 saturated heterocycles. The first-order chi connectivity index (χ1) is 10.5. The molecule has 0 saturated carbocycles. The van der Waals surface area contributed by atoms with Crippen molar-refractivity contribution in [2.45, 2.75) is 51.5 Å². The van der Waals surface area contributed by atoms with Crippen LogP contribution in [-0.2, 0) is 14.8 Å². The molecule has 2 aliphatic heterocycles. The lowest BCUT2D eigenvalue weighted by Crippen LogP contribution is -2.47. The standard InChI is InChI=1S/C15H29N3O3S.ClH/c1-2-11-22(20,21)17-14-6-9-18(10-7-14)15(19)4-3-13-5-8-16-12-13;/h13-14,16-17H,2-12H2,1H3;1H. The molecule has 0 aromatic carbocycles. The number of hydrogen-bond acceptors (Lipinski definition) is 4. The number of halogens is 1. The number of sulfonamides is 1. The van der Waals surface area contributed by atoms with Crippen LogP contribution in [-0.4, -0.2) is 57.2 Å². The molecule has 1 atom stereocenters. The van der Waals surface area contributed by atoms with E-state index < -0.39 is 10.0 Å². The number of hydrogen-bond donors (Lipinski definition) is 2. The number of rotatable bonds is 7. The van der Waals surface area contributed by atoms with Crippen LogP contribution in [0.25, 0.3) is 0 Å². The molecule has 2 aliphatic rings. The summed E-state index contributed by atoms with van der Waals surface area (Å²) in [6.45, 7) is 5.30. The van der Waals surface area contributed by atoms with E-state index in [1.165, 1.54) is 6.42 Å². The molecular weight excluding hydrogens is 338 g/mol. The van der Waals surface area contributed by atoms with E-state index in [0.29, 0.717) is 31.8 Å². The van der Waals surface area contributed by atoms with Crippen molar-refractivity contribution < 1.29 is 13.2 Å². The van der Waals surface area contributed by atoms with Gasteiger partial charge in [-0.15, -0.1) is 12.4 Å². The molecule has 2 N–H and O–H groups in total. The van der Waals surface area contributed by atoms with Crippen LogP contribution in [0.5, 0.6) is 0 Å². The molecule has 2 fully saturated rings. The molecule has 6 nitrogen and oxygen atoms in total. The Hall–Kier alpha value is -0.370. The van der Waals surface area contributed by atoms with Crippen molar-refractivity contribution in [1.29, 1.82) is 0 Å². The summed E-state index contributed by atoms with van der Waals surface area (Å²) in [4.78, 5) is 14.1. The molecule has 0 aromatic rings. The van der Waals surface area contributed by atoms with E-state index in [0.717, 1.165) is 32.4 Å². The Labute approximate surface area is 146 Å². The zero-order chi connectivity index (χ0) is 16.0. The van der Waals surface area contributed by atoms with E-state index in [-0.39, 0.29) is 30.1 Å². The summed E-state index contributed by atoms with van der Waals surface area (Å²) in [6, 6.07) is -0.0142. The first kappa shape index (κ1) is 20.7. The highest BCUT2D eigenvalue weighted by Gasteiger charge is 2.26. The SMILES string of the molecule is CCCS(=O)(=O)NC1CCN(C(=O)CCC2CCNC2)CC1.Cl. The Morgan fingerprint density at radius 3 is 2.52 bits per heavy atom. The molecule has 1 amide bonds. The van der Waals surface area contributed by atoms with E-state index >= 15 is 0 Å². The Balaban J connectivity index is 0.00000264. The van der Waals surface area contributed by atoms with Gasteiger partial charge in [0, 0.05) is 25.6 Å². The first-order valence-electron chi connectivity index (χ1n) is 8.48. The fourth-order valence-electron chi connectivity index (χ4n) is 3.27. The smallest absolute Gasteiger partial charge is 0.222 e. The highest BCUT2D eigenvalue weighted by molar-refractivity contribution is 7.89. The van der Waals surface area contributed by atoms with Crippen molar-refractivity contribution in [1.82, 2.24) is 14.9 Å². The monoisotopic (exact) mass is 367 g/mol. The molecule has 136 valence electrons. The molecule has 2 heterocycles. The van der Waals surface area contributed by atoms with Gasteiger partial charge in [-0.25, -0.2) is 13.1 Å². The number of amides is 1. The second-order valence-electron chi connectivity index (χ2n) is 6.49. The van der Waals surface area contributed by atoms with Crippen molar-refractivity contribution in [3.8, 4) is 0 Å². The zero-order valence-corrected chi connectivity index (χ0v) is 15.6. The number of carbonyl (C=O) groups excluding carboxylic acids is 1. The van der Waals surface area contributed by atoms with Gasteiger partial charge in [-0.1, -0.05) is 6.92 Å². The van der Waals surface area contributed by atoms with Crippen LogP contribution in [0.1, 0.15) is 45.4 Å². The van der Waals surface area contributed by atoms with Crippen LogP contribution in [0, 0.1) is 5.92 Å². The van der Waals surface area contributed by atoms with E-state index in [1.54, 1.807) is 0 Å². The van der Waals surface area contributed by atoms with Crippen LogP contribution < -0.4 is 10.0 Å². The minimum Gasteiger partial charge on any atom is -0.343 e. The normalized spacial score (nSPS) is 22.8. The van der Waals surface area contributed by atoms with Gasteiger partial charge in [-0.3, -0.25) is 4.79 Å². The second-order valence-corrected chi connectivity index (χ2v) is 8.36. The molecule has 0 bridgehead atoms. The van der Waals surface area contributed by atoms with Gasteiger partial charge in [-0.05, 0) is 51.1 Å². The summed E-state index contributed by atoms with van der Waals surface area (Å²) < 4.78 is 26.3. The summed E-state index contributed by atoms with van der Waals surface area (Å²) in [5, 5.41) is 3.32. The summed E-state index contributed by atoms with van der Waals surface area (Å²) in [5.74, 6) is 1.05. The van der Waals surface area contributed by atoms with E-state index in [2.05, 4.69) is 10.0 Å². The van der Waals surface area contributed by atoms with Crippen LogP contribution in [0.2, 0.25) is 0 Å². The molecule has 0 spiro atoms. The van der Waals surface area contributed by atoms with Crippen LogP contribution >= 0.6 is 12.4 Å². The maximum absolute atomic E-state index is 12.2. The van der Waals surface area contributed by atoms with E-state index in [4.69, 9.17) is 0 Å². The van der Waals surface area contributed by atoms with Gasteiger partial charge in [0.15, 0.2) is 0 Å². The summed E-state index contributed by atoms with van der Waals surface area (Å²) >= 11 is 0. The molecule has 2 rings (SSSR count).